The molecule has 0 fully saturated rings. The van der Waals surface area contributed by atoms with Gasteiger partial charge in [0.2, 0.25) is 0 Å². The van der Waals surface area contributed by atoms with Crippen LogP contribution in [0.4, 0.5) is 0 Å². The summed E-state index contributed by atoms with van der Waals surface area (Å²) in [6, 6.07) is 4.61. The molecule has 0 aromatic heterocycles. The zero-order valence-corrected chi connectivity index (χ0v) is 13.6. The Kier molecular flexibility index (Phi) is 5.12. The van der Waals surface area contributed by atoms with Gasteiger partial charge in [-0.15, -0.1) is 0 Å². The Bertz CT molecular complexity index is 766. The zero-order valence-electron chi connectivity index (χ0n) is 13.6. The standard InChI is InChI=1S/C21H24O2/c22-21(23)11-6-4-2-1-3-5-8-16-12-13-19-14-17-9-7-10-18(17)15-20(16)19/h7,9-10,12-15H,1-6,8,11H2,(H,22,23). The van der Waals surface area contributed by atoms with Gasteiger partial charge in [0.15, 0.2) is 0 Å². The Labute approximate surface area is 137 Å². The third kappa shape index (κ3) is 4.01. The summed E-state index contributed by atoms with van der Waals surface area (Å²) in [7, 11) is 0. The van der Waals surface area contributed by atoms with E-state index in [-0.39, 0.29) is 0 Å². The molecule has 120 valence electrons. The molecule has 3 rings (SSSR count). The van der Waals surface area contributed by atoms with Crippen LogP contribution in [-0.4, -0.2) is 11.1 Å². The van der Waals surface area contributed by atoms with Crippen LogP contribution in [0.25, 0.3) is 23.8 Å². The predicted octanol–water partition coefficient (Wildman–Crippen LogP) is 3.88. The summed E-state index contributed by atoms with van der Waals surface area (Å²) >= 11 is 0. The maximum absolute atomic E-state index is 10.4. The smallest absolute Gasteiger partial charge is 0.303 e. The van der Waals surface area contributed by atoms with Crippen molar-refractivity contribution in [3.63, 3.8) is 0 Å². The van der Waals surface area contributed by atoms with E-state index < -0.39 is 5.97 Å². The van der Waals surface area contributed by atoms with Crippen molar-refractivity contribution in [1.29, 1.82) is 0 Å². The molecule has 2 nitrogen and oxygen atoms in total. The average molecular weight is 308 g/mol. The van der Waals surface area contributed by atoms with Gasteiger partial charge in [0.05, 0.1) is 0 Å². The van der Waals surface area contributed by atoms with Crippen molar-refractivity contribution < 1.29 is 9.90 Å². The van der Waals surface area contributed by atoms with Gasteiger partial charge in [0, 0.05) is 6.42 Å². The van der Waals surface area contributed by atoms with Gasteiger partial charge in [-0.3, -0.25) is 4.79 Å². The van der Waals surface area contributed by atoms with Crippen molar-refractivity contribution in [1.82, 2.24) is 0 Å². The van der Waals surface area contributed by atoms with Crippen LogP contribution >= 0.6 is 0 Å². The normalized spacial score (nSPS) is 14.0. The molecule has 23 heavy (non-hydrogen) atoms. The maximum Gasteiger partial charge on any atom is 0.303 e. The molecular formula is C21H24O2. The topological polar surface area (TPSA) is 37.3 Å². The van der Waals surface area contributed by atoms with E-state index in [1.807, 2.05) is 0 Å². The molecule has 0 saturated heterocycles. The van der Waals surface area contributed by atoms with E-state index in [0.29, 0.717) is 6.42 Å². The molecule has 1 aromatic carbocycles. The number of aliphatic carboxylic acids is 1. The van der Waals surface area contributed by atoms with Crippen LogP contribution in [0.2, 0.25) is 0 Å². The summed E-state index contributed by atoms with van der Waals surface area (Å²) in [5.41, 5.74) is 4.20. The minimum Gasteiger partial charge on any atom is -0.481 e. The largest absolute Gasteiger partial charge is 0.481 e. The Morgan fingerprint density at radius 2 is 1.65 bits per heavy atom. The van der Waals surface area contributed by atoms with Crippen LogP contribution < -0.4 is 10.4 Å². The second-order valence-electron chi connectivity index (χ2n) is 6.47. The number of rotatable bonds is 9. The van der Waals surface area contributed by atoms with Crippen LogP contribution in [0, 0.1) is 0 Å². The van der Waals surface area contributed by atoms with Crippen LogP contribution in [0.15, 0.2) is 24.3 Å². The Morgan fingerprint density at radius 1 is 0.870 bits per heavy atom. The summed E-state index contributed by atoms with van der Waals surface area (Å²) in [5.74, 6) is -0.674. The third-order valence-corrected chi connectivity index (χ3v) is 4.70. The first-order chi connectivity index (χ1) is 11.2. The lowest BCUT2D eigenvalue weighted by molar-refractivity contribution is -0.137. The van der Waals surface area contributed by atoms with Crippen LogP contribution in [0.5, 0.6) is 0 Å². The van der Waals surface area contributed by atoms with E-state index in [2.05, 4.69) is 42.5 Å². The fourth-order valence-electron chi connectivity index (χ4n) is 3.41. The molecule has 1 aromatic rings. The quantitative estimate of drug-likeness (QED) is 0.703. The first-order valence-electron chi connectivity index (χ1n) is 8.69. The third-order valence-electron chi connectivity index (χ3n) is 4.70. The van der Waals surface area contributed by atoms with E-state index in [1.54, 1.807) is 0 Å². The van der Waals surface area contributed by atoms with E-state index in [9.17, 15) is 4.79 Å². The Hall–Kier alpha value is -2.09. The van der Waals surface area contributed by atoms with Crippen molar-refractivity contribution in [2.24, 2.45) is 0 Å². The van der Waals surface area contributed by atoms with Gasteiger partial charge >= 0.3 is 5.97 Å². The molecular weight excluding hydrogens is 284 g/mol. The van der Waals surface area contributed by atoms with Crippen molar-refractivity contribution in [3.8, 4) is 0 Å². The molecule has 0 spiro atoms. The minimum atomic E-state index is -0.674. The number of allylic oxidation sites excluding steroid dienone is 3. The fourth-order valence-corrected chi connectivity index (χ4v) is 3.41. The zero-order chi connectivity index (χ0) is 16.1. The molecule has 2 aliphatic carbocycles. The SMILES string of the molecule is O=C(O)CCCCCCCCC1=CC=c2cc3c(cc21)=CC=C3. The second kappa shape index (κ2) is 7.45. The molecule has 0 aliphatic heterocycles. The summed E-state index contributed by atoms with van der Waals surface area (Å²) in [6.07, 6.45) is 19.1. The highest BCUT2D eigenvalue weighted by molar-refractivity contribution is 5.80. The van der Waals surface area contributed by atoms with Gasteiger partial charge in [-0.2, -0.15) is 0 Å². The molecule has 0 atom stereocenters. The van der Waals surface area contributed by atoms with Crippen molar-refractivity contribution in [2.45, 2.75) is 51.4 Å². The molecule has 0 amide bonds. The first kappa shape index (κ1) is 15.8. The number of fused-ring (bicyclic) bond motifs is 2. The highest BCUT2D eigenvalue weighted by Crippen LogP contribution is 2.22. The summed E-state index contributed by atoms with van der Waals surface area (Å²) in [6.45, 7) is 0. The molecule has 0 heterocycles. The van der Waals surface area contributed by atoms with Crippen LogP contribution in [0.3, 0.4) is 0 Å². The summed E-state index contributed by atoms with van der Waals surface area (Å²) in [5, 5.41) is 11.3. The second-order valence-corrected chi connectivity index (χ2v) is 6.47. The summed E-state index contributed by atoms with van der Waals surface area (Å²) < 4.78 is 0. The van der Waals surface area contributed by atoms with E-state index in [4.69, 9.17) is 5.11 Å². The lowest BCUT2D eigenvalue weighted by atomic mass is 9.98. The fraction of sp³-hybridized carbons (Fsp3) is 0.381. The van der Waals surface area contributed by atoms with Gasteiger partial charge < -0.3 is 5.11 Å². The number of hydrogen-bond acceptors (Lipinski definition) is 1. The molecule has 1 N–H and O–H groups in total. The van der Waals surface area contributed by atoms with E-state index in [1.165, 1.54) is 46.4 Å². The number of carbonyl (C=O) groups is 1. The molecule has 2 aliphatic rings. The van der Waals surface area contributed by atoms with Gasteiger partial charge in [0.25, 0.3) is 0 Å². The van der Waals surface area contributed by atoms with E-state index >= 15 is 0 Å². The first-order valence-corrected chi connectivity index (χ1v) is 8.69. The maximum atomic E-state index is 10.4. The van der Waals surface area contributed by atoms with Crippen LogP contribution in [-0.2, 0) is 4.79 Å². The van der Waals surface area contributed by atoms with Crippen LogP contribution in [0.1, 0.15) is 62.5 Å². The molecule has 0 bridgehead atoms. The highest BCUT2D eigenvalue weighted by Gasteiger charge is 2.10. The molecule has 0 unspecified atom stereocenters. The van der Waals surface area contributed by atoms with Gasteiger partial charge in [-0.25, -0.2) is 0 Å². The number of benzene rings is 1. The minimum absolute atomic E-state index is 0.315. The Balaban J connectivity index is 1.40. The van der Waals surface area contributed by atoms with Crippen molar-refractivity contribution in [3.05, 3.63) is 45.8 Å². The van der Waals surface area contributed by atoms with Gasteiger partial charge in [0.1, 0.15) is 0 Å². The summed E-state index contributed by atoms with van der Waals surface area (Å²) in [4.78, 5) is 10.4. The number of carboxylic acid groups (broad SMARTS) is 1. The van der Waals surface area contributed by atoms with Gasteiger partial charge in [-0.1, -0.05) is 56.1 Å². The lowest BCUT2D eigenvalue weighted by Gasteiger charge is -2.06. The monoisotopic (exact) mass is 308 g/mol. The van der Waals surface area contributed by atoms with Crippen molar-refractivity contribution in [2.75, 3.05) is 0 Å². The molecule has 0 saturated carbocycles. The number of carboxylic acids is 1. The number of unbranched alkanes of at least 4 members (excludes halogenated alkanes) is 5. The Morgan fingerprint density at radius 3 is 2.48 bits per heavy atom. The van der Waals surface area contributed by atoms with E-state index in [0.717, 1.165) is 25.7 Å². The molecule has 0 radical (unpaired) electrons. The predicted molar refractivity (Wildman–Crippen MR) is 96.2 cm³/mol. The van der Waals surface area contributed by atoms with Crippen molar-refractivity contribution >= 4 is 29.8 Å². The lowest BCUT2D eigenvalue weighted by Crippen LogP contribution is -2.14. The average Bonchev–Trinajstić information content (AvgIpc) is 3.13. The number of hydrogen-bond donors (Lipinski definition) is 1. The highest BCUT2D eigenvalue weighted by atomic mass is 16.4. The molecule has 2 heteroatoms. The van der Waals surface area contributed by atoms with Gasteiger partial charge in [-0.05, 0) is 58.5 Å².